The fraction of sp³-hybridized carbons (Fsp3) is 0.426. The van der Waals surface area contributed by atoms with E-state index in [1.807, 2.05) is 60.7 Å². The largest absolute Gasteiger partial charge is 0.379 e. The van der Waals surface area contributed by atoms with Gasteiger partial charge in [-0.15, -0.1) is 11.3 Å². The quantitative estimate of drug-likeness (QED) is 0.0757. The van der Waals surface area contributed by atoms with Crippen LogP contribution < -0.4 is 26.8 Å². The van der Waals surface area contributed by atoms with Crippen LogP contribution in [0.1, 0.15) is 80.6 Å². The summed E-state index contributed by atoms with van der Waals surface area (Å²) in [7, 11) is 0. The lowest BCUT2D eigenvalue weighted by Gasteiger charge is -2.35. The van der Waals surface area contributed by atoms with Crippen molar-refractivity contribution in [1.29, 1.82) is 0 Å². The zero-order valence-corrected chi connectivity index (χ0v) is 42.3. The smallest absolute Gasteiger partial charge is 0.264 e. The molecule has 6 aliphatic rings. The van der Waals surface area contributed by atoms with Gasteiger partial charge in [0.25, 0.3) is 17.4 Å². The van der Waals surface area contributed by atoms with Crippen molar-refractivity contribution in [2.45, 2.75) is 78.6 Å². The first-order chi connectivity index (χ1) is 35.9. The number of nitrogens with one attached hydrogen (secondary N) is 4. The molecule has 0 radical (unpaired) electrons. The lowest BCUT2D eigenvalue weighted by Crippen LogP contribution is -2.48. The minimum absolute atomic E-state index is 0. The van der Waals surface area contributed by atoms with E-state index in [0.29, 0.717) is 75.9 Å². The van der Waals surface area contributed by atoms with Gasteiger partial charge in [0.15, 0.2) is 11.3 Å². The number of carbonyl (C=O) groups is 4. The molecule has 10 heterocycles. The van der Waals surface area contributed by atoms with E-state index in [9.17, 15) is 24.0 Å². The second-order valence-electron chi connectivity index (χ2n) is 20.0. The number of pyridine rings is 1. The van der Waals surface area contributed by atoms with Gasteiger partial charge in [-0.3, -0.25) is 34.2 Å². The highest BCUT2D eigenvalue weighted by molar-refractivity contribution is 7.12. The highest BCUT2D eigenvalue weighted by Gasteiger charge is 2.29. The van der Waals surface area contributed by atoms with Crippen molar-refractivity contribution in [3.63, 3.8) is 0 Å². The van der Waals surface area contributed by atoms with E-state index < -0.39 is 0 Å². The molecule has 0 spiro atoms. The van der Waals surface area contributed by atoms with Crippen molar-refractivity contribution in [1.82, 2.24) is 54.2 Å². The Labute approximate surface area is 437 Å². The van der Waals surface area contributed by atoms with Gasteiger partial charge < -0.3 is 34.9 Å². The average Bonchev–Trinajstić information content (AvgIpc) is 4.16. The van der Waals surface area contributed by atoms with Crippen molar-refractivity contribution in [2.24, 2.45) is 11.8 Å². The summed E-state index contributed by atoms with van der Waals surface area (Å²) < 4.78 is 16.4. The minimum Gasteiger partial charge on any atom is -0.379 e. The minimum atomic E-state index is -0.389. The van der Waals surface area contributed by atoms with E-state index in [1.54, 1.807) is 38.1 Å². The maximum Gasteiger partial charge on any atom is 0.264 e. The Morgan fingerprint density at radius 1 is 0.787 bits per heavy atom. The lowest BCUT2D eigenvalue weighted by atomic mass is 10.1. The van der Waals surface area contributed by atoms with Gasteiger partial charge in [-0.2, -0.15) is 19.2 Å². The third kappa shape index (κ3) is 11.8. The predicted molar refractivity (Wildman–Crippen MR) is 287 cm³/mol. The number of thiophene rings is 1. The zero-order valence-electron chi connectivity index (χ0n) is 41.5. The number of morpholine rings is 2. The number of allylic oxidation sites excluding steroid dienone is 1. The molecule has 21 heteroatoms. The van der Waals surface area contributed by atoms with Crippen molar-refractivity contribution in [3.8, 4) is 22.5 Å². The standard InChI is InChI=1S/C27H31N7O3.C26H28N6O4S.CH4/c1-18-21(13-25(35)30-18)12-22-17-29-34-24(28-16-19-2-3-19)15-23(31-27(22)34)20-4-5-33(26(36)14-20)7-6-32-8-10-37-11-9-32;1-14-11-31(12-15(2)36-14)26(35)21-6-19(13-37-21)20-8-22(27-9-16-3-4-16)32-24(29-20)18(10-28-32)5-17-7-23(33)30-25(17)34;/h4-5,12,14-15,17,19,28H,1-3,6-11,13,16H2,(H,30,35);5-6,8,10,13-16,27H,3-4,7,9,11-12H2,1-2H3,(H,30,33,34);1H4/b21-12+;17-5+;. The maximum atomic E-state index is 13.2. The number of hydrogen-bond acceptors (Lipinski definition) is 15. The van der Waals surface area contributed by atoms with Crippen LogP contribution in [0.15, 0.2) is 82.5 Å². The first-order valence-electron chi connectivity index (χ1n) is 25.4. The third-order valence-electron chi connectivity index (χ3n) is 14.0. The summed E-state index contributed by atoms with van der Waals surface area (Å²) >= 11 is 1.40. The summed E-state index contributed by atoms with van der Waals surface area (Å²) in [6.07, 6.45) is 14.1. The number of rotatable bonds is 14. The molecule has 0 aromatic carbocycles. The summed E-state index contributed by atoms with van der Waals surface area (Å²) in [4.78, 5) is 76.4. The molecule has 12 rings (SSSR count). The average molecular weight is 1040 g/mol. The summed E-state index contributed by atoms with van der Waals surface area (Å²) in [5.74, 6) is 2.18. The molecule has 6 aromatic rings. The number of anilines is 2. The van der Waals surface area contributed by atoms with Crippen LogP contribution in [-0.4, -0.2) is 138 Å². The number of aromatic nitrogens is 7. The van der Waals surface area contributed by atoms with Gasteiger partial charge in [0, 0.05) is 116 Å². The molecule has 20 nitrogen and oxygen atoms in total. The van der Waals surface area contributed by atoms with Crippen LogP contribution in [0, 0.1) is 11.8 Å². The van der Waals surface area contributed by atoms with E-state index in [2.05, 4.69) is 42.9 Å². The molecule has 4 aliphatic heterocycles. The second-order valence-corrected chi connectivity index (χ2v) is 20.9. The van der Waals surface area contributed by atoms with E-state index >= 15 is 0 Å². The van der Waals surface area contributed by atoms with Crippen molar-refractivity contribution in [2.75, 3.05) is 69.7 Å². The number of hydrogen-bond donors (Lipinski definition) is 4. The molecule has 2 atom stereocenters. The first-order valence-corrected chi connectivity index (χ1v) is 26.3. The number of ether oxygens (including phenoxy) is 2. The highest BCUT2D eigenvalue weighted by atomic mass is 32.1. The number of nitrogens with zero attached hydrogens (tertiary/aromatic N) is 9. The number of imide groups is 1. The fourth-order valence-corrected chi connectivity index (χ4v) is 10.4. The Morgan fingerprint density at radius 3 is 1.93 bits per heavy atom. The van der Waals surface area contributed by atoms with Crippen LogP contribution in [0.3, 0.4) is 0 Å². The van der Waals surface area contributed by atoms with Gasteiger partial charge in [0.2, 0.25) is 11.8 Å². The number of amides is 4. The summed E-state index contributed by atoms with van der Waals surface area (Å²) in [5.41, 5.74) is 7.44. The highest BCUT2D eigenvalue weighted by Crippen LogP contribution is 2.34. The van der Waals surface area contributed by atoms with Crippen LogP contribution in [-0.2, 0) is 30.4 Å². The molecule has 2 saturated carbocycles. The molecule has 6 fully saturated rings. The van der Waals surface area contributed by atoms with Gasteiger partial charge in [-0.05, 0) is 81.2 Å². The number of fused-ring (bicyclic) bond motifs is 2. The van der Waals surface area contributed by atoms with Gasteiger partial charge in [-0.1, -0.05) is 14.0 Å². The maximum absolute atomic E-state index is 13.2. The summed E-state index contributed by atoms with van der Waals surface area (Å²) in [5, 5.41) is 23.1. The monoisotopic (exact) mass is 1040 g/mol. The molecule has 6 aromatic heterocycles. The van der Waals surface area contributed by atoms with Crippen LogP contribution in [0.25, 0.3) is 46.0 Å². The van der Waals surface area contributed by atoms with Crippen LogP contribution in [0.4, 0.5) is 11.6 Å². The molecular weight excluding hydrogens is 975 g/mol. The van der Waals surface area contributed by atoms with E-state index in [0.717, 1.165) is 79.8 Å². The van der Waals surface area contributed by atoms with Gasteiger partial charge in [-0.25, -0.2) is 9.97 Å². The predicted octanol–water partition coefficient (Wildman–Crippen LogP) is 5.72. The zero-order chi connectivity index (χ0) is 51.0. The molecule has 4 amide bonds. The first kappa shape index (κ1) is 51.2. The molecule has 4 saturated heterocycles. The lowest BCUT2D eigenvalue weighted by molar-refractivity contribution is -0.124. The van der Waals surface area contributed by atoms with Crippen molar-refractivity contribution in [3.05, 3.63) is 104 Å². The SMILES string of the molecule is C.C=C1NC(=O)C/C1=C\c1cnn2c(NCC3CC3)cc(-c3ccn(CCN4CCOCC4)c(=O)c3)nc12.CC1CN(C(=O)c2cc(-c3cc(NCC4CC4)n4ncc(/C=C5\CC(=O)NC5=O)c4n3)cs2)CC(C)O1. The van der Waals surface area contributed by atoms with Crippen molar-refractivity contribution >= 4 is 70.0 Å². The van der Waals surface area contributed by atoms with Crippen LogP contribution >= 0.6 is 11.3 Å². The molecular formula is C54H63N13O7S. The third-order valence-corrected chi connectivity index (χ3v) is 14.9. The Kier molecular flexibility index (Phi) is 14.9. The fourth-order valence-electron chi connectivity index (χ4n) is 9.57. The van der Waals surface area contributed by atoms with Crippen molar-refractivity contribution < 1.29 is 28.7 Å². The molecule has 2 unspecified atom stereocenters. The topological polar surface area (TPSA) is 224 Å². The number of carbonyl (C=O) groups excluding carboxylic acids is 4. The molecule has 75 heavy (non-hydrogen) atoms. The van der Waals surface area contributed by atoms with E-state index in [4.69, 9.17) is 19.4 Å². The molecule has 0 bridgehead atoms. The van der Waals surface area contributed by atoms with Crippen LogP contribution in [0.5, 0.6) is 0 Å². The molecule has 392 valence electrons. The Hall–Kier alpha value is -7.33. The van der Waals surface area contributed by atoms with E-state index in [-0.39, 0.29) is 61.7 Å². The Bertz CT molecular complexity index is 3310. The molecule has 2 aliphatic carbocycles. The Morgan fingerprint density at radius 2 is 1.37 bits per heavy atom. The van der Waals surface area contributed by atoms with Gasteiger partial charge >= 0.3 is 0 Å². The van der Waals surface area contributed by atoms with Gasteiger partial charge in [0.1, 0.15) is 11.6 Å². The Balaban J connectivity index is 0.000000169. The normalized spacial score (nSPS) is 21.1. The second kappa shape index (κ2) is 21.9. The molecule has 4 N–H and O–H groups in total. The van der Waals surface area contributed by atoms with Gasteiger partial charge in [0.05, 0.1) is 66.9 Å². The summed E-state index contributed by atoms with van der Waals surface area (Å²) in [6, 6.07) is 9.38. The van der Waals surface area contributed by atoms with Crippen LogP contribution in [0.2, 0.25) is 0 Å². The van der Waals surface area contributed by atoms with E-state index in [1.165, 1.54) is 37.0 Å². The summed E-state index contributed by atoms with van der Waals surface area (Å²) in [6.45, 7) is 15.5.